The van der Waals surface area contributed by atoms with Crippen LogP contribution in [0.5, 0.6) is 5.75 Å². The number of carbonyl (C=O) groups excluding carboxylic acids is 1. The maximum Gasteiger partial charge on any atom is 0.258 e. The second-order valence-corrected chi connectivity index (χ2v) is 5.07. The van der Waals surface area contributed by atoms with E-state index in [-0.39, 0.29) is 5.91 Å². The fourth-order valence-corrected chi connectivity index (χ4v) is 2.63. The molecule has 21 heavy (non-hydrogen) atoms. The van der Waals surface area contributed by atoms with Crippen molar-refractivity contribution in [3.63, 3.8) is 0 Å². The summed E-state index contributed by atoms with van der Waals surface area (Å²) >= 11 is 0. The van der Waals surface area contributed by atoms with E-state index in [1.165, 1.54) is 5.39 Å². The molecule has 0 aromatic heterocycles. The Morgan fingerprint density at radius 3 is 2.52 bits per heavy atom. The van der Waals surface area contributed by atoms with Crippen LogP contribution in [-0.4, -0.2) is 5.91 Å². The van der Waals surface area contributed by atoms with Gasteiger partial charge in [0, 0.05) is 5.56 Å². The highest BCUT2D eigenvalue weighted by Gasteiger charge is 2.26. The van der Waals surface area contributed by atoms with Gasteiger partial charge in [0.15, 0.2) is 6.23 Å². The standard InChI is InChI=1S/C18H13NO2/c20-17-15-7-3-4-8-16(15)21-18(19-17)14-10-9-12-5-1-2-6-13(12)11-14/h1-11,18H,(H,19,20)/t18-/m1/s1. The molecule has 0 aliphatic carbocycles. The van der Waals surface area contributed by atoms with Crippen molar-refractivity contribution in [3.05, 3.63) is 77.9 Å². The van der Waals surface area contributed by atoms with Gasteiger partial charge in [-0.15, -0.1) is 0 Å². The molecular weight excluding hydrogens is 262 g/mol. The summed E-state index contributed by atoms with van der Waals surface area (Å²) in [6.07, 6.45) is -0.447. The number of fused-ring (bicyclic) bond motifs is 2. The third kappa shape index (κ3) is 2.03. The number of hydrogen-bond donors (Lipinski definition) is 1. The van der Waals surface area contributed by atoms with E-state index in [0.29, 0.717) is 11.3 Å². The molecule has 0 radical (unpaired) electrons. The Labute approximate surface area is 122 Å². The van der Waals surface area contributed by atoms with Crippen molar-refractivity contribution in [2.24, 2.45) is 0 Å². The summed E-state index contributed by atoms with van der Waals surface area (Å²) in [4.78, 5) is 12.1. The summed E-state index contributed by atoms with van der Waals surface area (Å²) in [5, 5.41) is 5.19. The molecule has 1 amide bonds. The highest BCUT2D eigenvalue weighted by atomic mass is 16.5. The Hall–Kier alpha value is -2.81. The van der Waals surface area contributed by atoms with Gasteiger partial charge in [-0.1, -0.05) is 48.5 Å². The number of hydrogen-bond acceptors (Lipinski definition) is 2. The molecule has 102 valence electrons. The number of para-hydroxylation sites is 1. The molecule has 1 atom stereocenters. The lowest BCUT2D eigenvalue weighted by atomic mass is 10.0. The molecule has 0 saturated heterocycles. The van der Waals surface area contributed by atoms with Crippen molar-refractivity contribution in [3.8, 4) is 5.75 Å². The van der Waals surface area contributed by atoms with Crippen LogP contribution in [0.2, 0.25) is 0 Å². The first kappa shape index (κ1) is 12.0. The highest BCUT2D eigenvalue weighted by Crippen LogP contribution is 2.30. The van der Waals surface area contributed by atoms with Crippen LogP contribution in [0.25, 0.3) is 10.8 Å². The molecule has 1 aliphatic heterocycles. The number of rotatable bonds is 1. The molecule has 3 aromatic rings. The molecule has 4 rings (SSSR count). The SMILES string of the molecule is O=C1N[C@@H](c2ccc3ccccc3c2)Oc2ccccc21. The molecule has 0 fully saturated rings. The summed E-state index contributed by atoms with van der Waals surface area (Å²) in [6, 6.07) is 21.5. The number of carbonyl (C=O) groups is 1. The lowest BCUT2D eigenvalue weighted by Crippen LogP contribution is -2.36. The predicted molar refractivity (Wildman–Crippen MR) is 81.2 cm³/mol. The van der Waals surface area contributed by atoms with Crippen LogP contribution in [0, 0.1) is 0 Å². The third-order valence-electron chi connectivity index (χ3n) is 3.71. The fourth-order valence-electron chi connectivity index (χ4n) is 2.63. The highest BCUT2D eigenvalue weighted by molar-refractivity contribution is 5.98. The Bertz CT molecular complexity index is 841. The normalized spacial score (nSPS) is 17.0. The van der Waals surface area contributed by atoms with E-state index in [2.05, 4.69) is 17.4 Å². The van der Waals surface area contributed by atoms with E-state index in [9.17, 15) is 4.79 Å². The Morgan fingerprint density at radius 1 is 0.857 bits per heavy atom. The van der Waals surface area contributed by atoms with E-state index >= 15 is 0 Å². The van der Waals surface area contributed by atoms with Crippen LogP contribution in [0.3, 0.4) is 0 Å². The topological polar surface area (TPSA) is 38.3 Å². The third-order valence-corrected chi connectivity index (χ3v) is 3.71. The molecule has 3 aromatic carbocycles. The van der Waals surface area contributed by atoms with Crippen molar-refractivity contribution < 1.29 is 9.53 Å². The summed E-state index contributed by atoms with van der Waals surface area (Å²) in [6.45, 7) is 0. The molecule has 1 aliphatic rings. The second kappa shape index (κ2) is 4.63. The van der Waals surface area contributed by atoms with Gasteiger partial charge in [0.25, 0.3) is 5.91 Å². The summed E-state index contributed by atoms with van der Waals surface area (Å²) < 4.78 is 5.91. The van der Waals surface area contributed by atoms with Crippen LogP contribution in [0.15, 0.2) is 66.7 Å². The summed E-state index contributed by atoms with van der Waals surface area (Å²) in [5.41, 5.74) is 1.52. The van der Waals surface area contributed by atoms with Gasteiger partial charge in [0.2, 0.25) is 0 Å². The first-order valence-electron chi connectivity index (χ1n) is 6.86. The summed E-state index contributed by atoms with van der Waals surface area (Å²) in [7, 11) is 0. The molecule has 1 N–H and O–H groups in total. The maximum absolute atomic E-state index is 12.1. The number of nitrogens with one attached hydrogen (secondary N) is 1. The molecule has 3 nitrogen and oxygen atoms in total. The monoisotopic (exact) mass is 275 g/mol. The second-order valence-electron chi connectivity index (χ2n) is 5.07. The van der Waals surface area contributed by atoms with Crippen molar-refractivity contribution in [2.75, 3.05) is 0 Å². The van der Waals surface area contributed by atoms with Crippen LogP contribution in [0.1, 0.15) is 22.1 Å². The zero-order valence-electron chi connectivity index (χ0n) is 11.2. The van der Waals surface area contributed by atoms with Crippen LogP contribution in [0.4, 0.5) is 0 Å². The van der Waals surface area contributed by atoms with Gasteiger partial charge in [-0.05, 0) is 29.0 Å². The number of ether oxygens (including phenoxy) is 1. The molecule has 3 heteroatoms. The van der Waals surface area contributed by atoms with Gasteiger partial charge in [0.05, 0.1) is 5.56 Å². The van der Waals surface area contributed by atoms with Gasteiger partial charge in [-0.3, -0.25) is 4.79 Å². The molecule has 0 unspecified atom stereocenters. The Kier molecular flexibility index (Phi) is 2.64. The molecule has 0 spiro atoms. The average molecular weight is 275 g/mol. The smallest absolute Gasteiger partial charge is 0.258 e. The maximum atomic E-state index is 12.1. The first-order chi connectivity index (χ1) is 10.3. The minimum atomic E-state index is -0.447. The van der Waals surface area contributed by atoms with Gasteiger partial charge in [-0.25, -0.2) is 0 Å². The van der Waals surface area contributed by atoms with Gasteiger partial charge < -0.3 is 10.1 Å². The van der Waals surface area contributed by atoms with Crippen LogP contribution >= 0.6 is 0 Å². The van der Waals surface area contributed by atoms with E-state index in [4.69, 9.17) is 4.74 Å². The molecule has 0 saturated carbocycles. The van der Waals surface area contributed by atoms with Gasteiger partial charge >= 0.3 is 0 Å². The molecular formula is C18H13NO2. The van der Waals surface area contributed by atoms with Crippen molar-refractivity contribution in [1.29, 1.82) is 0 Å². The van der Waals surface area contributed by atoms with E-state index < -0.39 is 6.23 Å². The predicted octanol–water partition coefficient (Wildman–Crippen LogP) is 3.66. The van der Waals surface area contributed by atoms with E-state index in [1.807, 2.05) is 48.5 Å². The quantitative estimate of drug-likeness (QED) is 0.736. The molecule has 1 heterocycles. The zero-order valence-corrected chi connectivity index (χ0v) is 11.2. The van der Waals surface area contributed by atoms with Crippen molar-refractivity contribution in [1.82, 2.24) is 5.32 Å². The average Bonchev–Trinajstić information content (AvgIpc) is 2.54. The van der Waals surface area contributed by atoms with Crippen LogP contribution in [-0.2, 0) is 0 Å². The van der Waals surface area contributed by atoms with Crippen LogP contribution < -0.4 is 10.1 Å². The first-order valence-corrected chi connectivity index (χ1v) is 6.86. The zero-order chi connectivity index (χ0) is 14.2. The number of benzene rings is 3. The van der Waals surface area contributed by atoms with Crippen molar-refractivity contribution in [2.45, 2.75) is 6.23 Å². The van der Waals surface area contributed by atoms with Crippen molar-refractivity contribution >= 4 is 16.7 Å². The minimum absolute atomic E-state index is 0.102. The lowest BCUT2D eigenvalue weighted by molar-refractivity contribution is 0.0756. The fraction of sp³-hybridized carbons (Fsp3) is 0.0556. The Morgan fingerprint density at radius 2 is 1.62 bits per heavy atom. The number of amides is 1. The van der Waals surface area contributed by atoms with Gasteiger partial charge in [-0.2, -0.15) is 0 Å². The van der Waals surface area contributed by atoms with Gasteiger partial charge in [0.1, 0.15) is 5.75 Å². The summed E-state index contributed by atoms with van der Waals surface area (Å²) in [5.74, 6) is 0.523. The lowest BCUT2D eigenvalue weighted by Gasteiger charge is -2.27. The largest absolute Gasteiger partial charge is 0.466 e. The van der Waals surface area contributed by atoms with E-state index in [1.54, 1.807) is 6.07 Å². The minimum Gasteiger partial charge on any atom is -0.466 e. The Balaban J connectivity index is 1.75. The molecule has 0 bridgehead atoms. The van der Waals surface area contributed by atoms with E-state index in [0.717, 1.165) is 10.9 Å².